The molecule has 2 saturated heterocycles. The number of amides is 4. The Morgan fingerprint density at radius 3 is 3.00 bits per heavy atom. The fourth-order valence-corrected chi connectivity index (χ4v) is 2.58. The lowest BCUT2D eigenvalue weighted by Gasteiger charge is -2.21. The number of ether oxygens (including phenoxy) is 1. The highest BCUT2D eigenvalue weighted by molar-refractivity contribution is 5.95. The van der Waals surface area contributed by atoms with Gasteiger partial charge in [-0.15, -0.1) is 0 Å². The minimum Gasteiger partial charge on any atom is -0.472 e. The molecule has 2 fully saturated rings. The van der Waals surface area contributed by atoms with E-state index in [2.05, 4.69) is 10.3 Å². The van der Waals surface area contributed by atoms with E-state index in [1.807, 2.05) is 25.1 Å². The van der Waals surface area contributed by atoms with Gasteiger partial charge in [0.1, 0.15) is 6.10 Å². The van der Waals surface area contributed by atoms with E-state index in [9.17, 15) is 9.59 Å². The number of urea groups is 2. The molecule has 21 heavy (non-hydrogen) atoms. The summed E-state index contributed by atoms with van der Waals surface area (Å²) >= 11 is 0. The first kappa shape index (κ1) is 13.7. The largest absolute Gasteiger partial charge is 0.472 e. The molecular formula is C14H18N4O3. The molecule has 7 heteroatoms. The molecule has 112 valence electrons. The lowest BCUT2D eigenvalue weighted by molar-refractivity contribution is 0.160. The van der Waals surface area contributed by atoms with E-state index < -0.39 is 0 Å². The Balaban J connectivity index is 1.58. The lowest BCUT2D eigenvalue weighted by atomic mass is 10.3. The van der Waals surface area contributed by atoms with Crippen LogP contribution in [0.3, 0.4) is 0 Å². The van der Waals surface area contributed by atoms with Gasteiger partial charge in [-0.2, -0.15) is 0 Å². The minimum atomic E-state index is -0.315. The molecule has 0 bridgehead atoms. The number of carbonyl (C=O) groups excluding carboxylic acids is 2. The van der Waals surface area contributed by atoms with Gasteiger partial charge in [0, 0.05) is 37.8 Å². The molecule has 1 aromatic rings. The number of aryl methyl sites for hydroxylation is 1. The molecule has 2 aliphatic rings. The second-order valence-corrected chi connectivity index (χ2v) is 5.26. The van der Waals surface area contributed by atoms with Crippen LogP contribution in [0.4, 0.5) is 9.59 Å². The first-order valence-corrected chi connectivity index (χ1v) is 7.08. The van der Waals surface area contributed by atoms with E-state index in [0.29, 0.717) is 32.1 Å². The molecule has 3 rings (SSSR count). The number of carbonyl (C=O) groups is 2. The molecule has 0 aliphatic carbocycles. The van der Waals surface area contributed by atoms with Crippen molar-refractivity contribution in [2.24, 2.45) is 0 Å². The maximum absolute atomic E-state index is 12.2. The lowest BCUT2D eigenvalue weighted by Crippen LogP contribution is -2.44. The standard InChI is InChI=1S/C14H18N4O3/c1-10-3-2-4-12(16-10)21-11-5-7-17(9-11)14(20)18-8-6-15-13(18)19/h2-4,11H,5-9H2,1H3,(H,15,19)/t11-/m0/s1. The molecule has 0 radical (unpaired) electrons. The highest BCUT2D eigenvalue weighted by atomic mass is 16.5. The van der Waals surface area contributed by atoms with Crippen molar-refractivity contribution in [3.05, 3.63) is 23.9 Å². The fourth-order valence-electron chi connectivity index (χ4n) is 2.58. The van der Waals surface area contributed by atoms with Crippen LogP contribution in [-0.2, 0) is 0 Å². The van der Waals surface area contributed by atoms with Crippen molar-refractivity contribution in [2.75, 3.05) is 26.2 Å². The van der Waals surface area contributed by atoms with Gasteiger partial charge in [0.2, 0.25) is 5.88 Å². The van der Waals surface area contributed by atoms with E-state index >= 15 is 0 Å². The number of rotatable bonds is 2. The van der Waals surface area contributed by atoms with Gasteiger partial charge in [0.25, 0.3) is 0 Å². The van der Waals surface area contributed by atoms with Gasteiger partial charge in [0.05, 0.1) is 6.54 Å². The van der Waals surface area contributed by atoms with Gasteiger partial charge < -0.3 is 15.0 Å². The Kier molecular flexibility index (Phi) is 3.64. The predicted octanol–water partition coefficient (Wildman–Crippen LogP) is 0.988. The van der Waals surface area contributed by atoms with Crippen LogP contribution in [0, 0.1) is 6.92 Å². The SMILES string of the molecule is Cc1cccc(O[C@H]2CCN(C(=O)N3CCNC3=O)C2)n1. The predicted molar refractivity (Wildman–Crippen MR) is 75.1 cm³/mol. The molecule has 0 aromatic carbocycles. The zero-order chi connectivity index (χ0) is 14.8. The number of pyridine rings is 1. The molecule has 0 unspecified atom stereocenters. The number of likely N-dealkylation sites (tertiary alicyclic amines) is 1. The maximum atomic E-state index is 12.2. The first-order valence-electron chi connectivity index (χ1n) is 7.08. The summed E-state index contributed by atoms with van der Waals surface area (Å²) in [6, 6.07) is 5.05. The summed E-state index contributed by atoms with van der Waals surface area (Å²) < 4.78 is 5.80. The molecule has 0 spiro atoms. The molecule has 2 aliphatic heterocycles. The van der Waals surface area contributed by atoms with E-state index in [1.165, 1.54) is 4.90 Å². The fraction of sp³-hybridized carbons (Fsp3) is 0.500. The summed E-state index contributed by atoms with van der Waals surface area (Å²) in [5.74, 6) is 0.577. The van der Waals surface area contributed by atoms with Crippen LogP contribution >= 0.6 is 0 Å². The summed E-state index contributed by atoms with van der Waals surface area (Å²) in [6.07, 6.45) is 0.672. The Morgan fingerprint density at radius 1 is 1.43 bits per heavy atom. The number of hydrogen-bond donors (Lipinski definition) is 1. The van der Waals surface area contributed by atoms with Crippen molar-refractivity contribution < 1.29 is 14.3 Å². The summed E-state index contributed by atoms with van der Waals surface area (Å²) in [5.41, 5.74) is 0.896. The van der Waals surface area contributed by atoms with Crippen LogP contribution in [0.25, 0.3) is 0 Å². The van der Waals surface area contributed by atoms with Gasteiger partial charge in [-0.1, -0.05) is 6.07 Å². The van der Waals surface area contributed by atoms with Crippen LogP contribution in [-0.4, -0.2) is 59.1 Å². The van der Waals surface area contributed by atoms with Gasteiger partial charge in [-0.05, 0) is 13.0 Å². The number of hydrogen-bond acceptors (Lipinski definition) is 4. The Morgan fingerprint density at radius 2 is 2.29 bits per heavy atom. The third-order valence-corrected chi connectivity index (χ3v) is 3.65. The monoisotopic (exact) mass is 290 g/mol. The van der Waals surface area contributed by atoms with E-state index in [1.54, 1.807) is 4.90 Å². The molecule has 7 nitrogen and oxygen atoms in total. The average Bonchev–Trinajstić information content (AvgIpc) is 3.07. The van der Waals surface area contributed by atoms with Crippen LogP contribution in [0.2, 0.25) is 0 Å². The topological polar surface area (TPSA) is 74.8 Å². The average molecular weight is 290 g/mol. The van der Waals surface area contributed by atoms with Gasteiger partial charge in [-0.3, -0.25) is 0 Å². The molecule has 1 atom stereocenters. The van der Waals surface area contributed by atoms with E-state index in [4.69, 9.17) is 4.74 Å². The second kappa shape index (κ2) is 5.59. The van der Waals surface area contributed by atoms with Crippen molar-refractivity contribution in [3.8, 4) is 5.88 Å². The zero-order valence-corrected chi connectivity index (χ0v) is 11.9. The number of nitrogens with zero attached hydrogens (tertiary/aromatic N) is 3. The van der Waals surface area contributed by atoms with E-state index in [0.717, 1.165) is 12.1 Å². The minimum absolute atomic E-state index is 0.0751. The molecule has 4 amide bonds. The molecule has 0 saturated carbocycles. The van der Waals surface area contributed by atoms with Crippen molar-refractivity contribution in [1.29, 1.82) is 0 Å². The number of aromatic nitrogens is 1. The van der Waals surface area contributed by atoms with Crippen LogP contribution in [0.15, 0.2) is 18.2 Å². The molecular weight excluding hydrogens is 272 g/mol. The number of imide groups is 1. The Bertz CT molecular complexity index is 563. The third-order valence-electron chi connectivity index (χ3n) is 3.65. The molecule has 1 N–H and O–H groups in total. The second-order valence-electron chi connectivity index (χ2n) is 5.26. The highest BCUT2D eigenvalue weighted by Crippen LogP contribution is 2.18. The quantitative estimate of drug-likeness (QED) is 0.881. The van der Waals surface area contributed by atoms with Crippen molar-refractivity contribution in [3.63, 3.8) is 0 Å². The van der Waals surface area contributed by atoms with Crippen LogP contribution < -0.4 is 10.1 Å². The van der Waals surface area contributed by atoms with Gasteiger partial charge in [-0.25, -0.2) is 19.5 Å². The highest BCUT2D eigenvalue weighted by Gasteiger charge is 2.35. The zero-order valence-electron chi connectivity index (χ0n) is 11.9. The first-order chi connectivity index (χ1) is 10.1. The summed E-state index contributed by atoms with van der Waals surface area (Å²) in [7, 11) is 0. The molecule has 3 heterocycles. The molecule has 1 aromatic heterocycles. The Hall–Kier alpha value is -2.31. The smallest absolute Gasteiger partial charge is 0.328 e. The normalized spacial score (nSPS) is 21.6. The van der Waals surface area contributed by atoms with Gasteiger partial charge >= 0.3 is 12.1 Å². The Labute approximate surface area is 122 Å². The maximum Gasteiger partial charge on any atom is 0.328 e. The summed E-state index contributed by atoms with van der Waals surface area (Å²) in [5, 5.41) is 2.63. The summed E-state index contributed by atoms with van der Waals surface area (Å²) in [6.45, 7) is 3.94. The number of nitrogens with one attached hydrogen (secondary N) is 1. The van der Waals surface area contributed by atoms with Crippen molar-refractivity contribution in [1.82, 2.24) is 20.1 Å². The van der Waals surface area contributed by atoms with Crippen LogP contribution in [0.1, 0.15) is 12.1 Å². The van der Waals surface area contributed by atoms with Gasteiger partial charge in [0.15, 0.2) is 0 Å². The van der Waals surface area contributed by atoms with Crippen molar-refractivity contribution in [2.45, 2.75) is 19.4 Å². The third kappa shape index (κ3) is 2.91. The van der Waals surface area contributed by atoms with Crippen LogP contribution in [0.5, 0.6) is 5.88 Å². The van der Waals surface area contributed by atoms with E-state index in [-0.39, 0.29) is 18.2 Å². The van der Waals surface area contributed by atoms with Crippen molar-refractivity contribution >= 4 is 12.1 Å². The summed E-state index contributed by atoms with van der Waals surface area (Å²) in [4.78, 5) is 30.9.